The molecule has 8 heteroatoms. The highest BCUT2D eigenvalue weighted by molar-refractivity contribution is 14.1. The summed E-state index contributed by atoms with van der Waals surface area (Å²) < 4.78 is 93.4. The van der Waals surface area contributed by atoms with Crippen LogP contribution in [0.25, 0.3) is 0 Å². The summed E-state index contributed by atoms with van der Waals surface area (Å²) in [6.45, 7) is 4.42. The van der Waals surface area contributed by atoms with Crippen molar-refractivity contribution in [1.82, 2.24) is 0 Å². The van der Waals surface area contributed by atoms with Crippen molar-refractivity contribution in [2.45, 2.75) is 75.4 Å². The number of allylic oxidation sites excluding steroid dienone is 1. The lowest BCUT2D eigenvalue weighted by Gasteiger charge is -2.38. The summed E-state index contributed by atoms with van der Waals surface area (Å²) in [6, 6.07) is 17.8. The smallest absolute Gasteiger partial charge is 0.349 e. The highest BCUT2D eigenvalue weighted by atomic mass is 127. The van der Waals surface area contributed by atoms with Crippen molar-refractivity contribution in [3.05, 3.63) is 116 Å². The summed E-state index contributed by atoms with van der Waals surface area (Å²) in [5.74, 6) is 0. The van der Waals surface area contributed by atoms with E-state index in [2.05, 4.69) is 29.2 Å². The Kier molecular flexibility index (Phi) is 9.10. The number of ether oxygens (including phenoxy) is 1. The first kappa shape index (κ1) is 30.6. The average molecular weight is 672 g/mol. The van der Waals surface area contributed by atoms with Crippen LogP contribution in [0, 0.1) is 10.5 Å². The molecule has 0 amide bonds. The normalized spacial score (nSPS) is 15.8. The van der Waals surface area contributed by atoms with E-state index in [1.54, 1.807) is 31.2 Å². The SMILES string of the molecule is C=CCc1cccc(C)c1COC(c1ccc(C2(Cc3ccc(I)cc3)CCCC2)cc1)(C(F)(F)F)C(F)(F)F. The number of hydrogen-bond acceptors (Lipinski definition) is 1. The van der Waals surface area contributed by atoms with Gasteiger partial charge in [-0.15, -0.1) is 6.58 Å². The van der Waals surface area contributed by atoms with E-state index < -0.39 is 30.1 Å². The second kappa shape index (κ2) is 11.9. The van der Waals surface area contributed by atoms with Gasteiger partial charge in [0.15, 0.2) is 0 Å². The number of alkyl halides is 6. The summed E-state index contributed by atoms with van der Waals surface area (Å²) in [6.07, 6.45) is -5.45. The van der Waals surface area contributed by atoms with Crippen molar-refractivity contribution in [3.63, 3.8) is 0 Å². The first-order chi connectivity index (χ1) is 18.8. The Morgan fingerprint density at radius 2 is 1.48 bits per heavy atom. The van der Waals surface area contributed by atoms with E-state index in [1.807, 2.05) is 24.3 Å². The number of aryl methyl sites for hydroxylation is 1. The van der Waals surface area contributed by atoms with Crippen LogP contribution >= 0.6 is 22.6 Å². The van der Waals surface area contributed by atoms with Crippen LogP contribution in [0.5, 0.6) is 0 Å². The van der Waals surface area contributed by atoms with Gasteiger partial charge in [-0.3, -0.25) is 0 Å². The third-order valence-corrected chi connectivity index (χ3v) is 8.74. The molecule has 0 aromatic heterocycles. The van der Waals surface area contributed by atoms with E-state index >= 15 is 0 Å². The first-order valence-electron chi connectivity index (χ1n) is 13.1. The van der Waals surface area contributed by atoms with Gasteiger partial charge in [-0.05, 0) is 101 Å². The van der Waals surface area contributed by atoms with Crippen LogP contribution in [0.1, 0.15) is 59.1 Å². The van der Waals surface area contributed by atoms with Crippen molar-refractivity contribution in [3.8, 4) is 0 Å². The maximum absolute atomic E-state index is 14.5. The predicted molar refractivity (Wildman–Crippen MR) is 153 cm³/mol. The third-order valence-electron chi connectivity index (χ3n) is 8.02. The maximum atomic E-state index is 14.5. The summed E-state index contributed by atoms with van der Waals surface area (Å²) in [5, 5.41) is 0. The molecule has 0 bridgehead atoms. The van der Waals surface area contributed by atoms with Gasteiger partial charge < -0.3 is 4.74 Å². The first-order valence-corrected chi connectivity index (χ1v) is 14.2. The molecule has 3 aromatic carbocycles. The Morgan fingerprint density at radius 3 is 2.02 bits per heavy atom. The highest BCUT2D eigenvalue weighted by Gasteiger charge is 2.73. The van der Waals surface area contributed by atoms with Gasteiger partial charge in [0.25, 0.3) is 5.60 Å². The molecule has 214 valence electrons. The summed E-state index contributed by atoms with van der Waals surface area (Å²) in [5.41, 5.74) is -2.55. The molecule has 3 aromatic rings. The van der Waals surface area contributed by atoms with Crippen molar-refractivity contribution in [1.29, 1.82) is 0 Å². The van der Waals surface area contributed by atoms with Crippen LogP contribution in [-0.2, 0) is 35.2 Å². The third kappa shape index (κ3) is 5.98. The van der Waals surface area contributed by atoms with Crippen LogP contribution in [0.15, 0.2) is 79.4 Å². The zero-order valence-electron chi connectivity index (χ0n) is 22.1. The van der Waals surface area contributed by atoms with Crippen molar-refractivity contribution < 1.29 is 31.1 Å². The largest absolute Gasteiger partial charge is 0.430 e. The van der Waals surface area contributed by atoms with Crippen molar-refractivity contribution in [2.75, 3.05) is 0 Å². The van der Waals surface area contributed by atoms with Crippen molar-refractivity contribution in [2.24, 2.45) is 0 Å². The van der Waals surface area contributed by atoms with Crippen molar-refractivity contribution >= 4 is 22.6 Å². The lowest BCUT2D eigenvalue weighted by atomic mass is 9.73. The van der Waals surface area contributed by atoms with E-state index in [-0.39, 0.29) is 5.41 Å². The zero-order valence-corrected chi connectivity index (χ0v) is 24.3. The van der Waals surface area contributed by atoms with E-state index in [4.69, 9.17) is 4.74 Å². The molecule has 0 saturated heterocycles. The van der Waals surface area contributed by atoms with Crippen LogP contribution in [0.4, 0.5) is 26.3 Å². The summed E-state index contributed by atoms with van der Waals surface area (Å²) >= 11 is 2.22. The molecule has 1 saturated carbocycles. The van der Waals surface area contributed by atoms with E-state index in [0.29, 0.717) is 29.5 Å². The Labute approximate surface area is 244 Å². The van der Waals surface area contributed by atoms with Gasteiger partial charge in [0.1, 0.15) is 0 Å². The fraction of sp³-hybridized carbons (Fsp3) is 0.375. The number of benzene rings is 3. The molecule has 1 fully saturated rings. The standard InChI is InChI=1S/C32H31F6IO/c1-3-7-24-9-6-8-22(2)28(24)21-40-30(31(33,34)35,32(36,37)38)26-14-12-25(13-15-26)29(18-4-5-19-29)20-23-10-16-27(39)17-11-23/h3,6,8-17H,1,4-5,7,18-21H2,2H3. The lowest BCUT2D eigenvalue weighted by molar-refractivity contribution is -0.392. The fourth-order valence-electron chi connectivity index (χ4n) is 5.90. The Bertz CT molecular complexity index is 1290. The second-order valence-electron chi connectivity index (χ2n) is 10.5. The Balaban J connectivity index is 1.74. The Morgan fingerprint density at radius 1 is 0.875 bits per heavy atom. The van der Waals surface area contributed by atoms with E-state index in [0.717, 1.165) is 52.5 Å². The van der Waals surface area contributed by atoms with Gasteiger partial charge in [-0.2, -0.15) is 26.3 Å². The zero-order chi connectivity index (χ0) is 29.2. The average Bonchev–Trinajstić information content (AvgIpc) is 3.36. The molecule has 0 spiro atoms. The van der Waals surface area contributed by atoms with Gasteiger partial charge in [0.2, 0.25) is 0 Å². The Hall–Kier alpha value is -2.33. The molecule has 1 aliphatic rings. The van der Waals surface area contributed by atoms with Gasteiger partial charge >= 0.3 is 12.4 Å². The minimum absolute atomic E-state index is 0.291. The molecular formula is C32H31F6IO. The van der Waals surface area contributed by atoms with Crippen LogP contribution in [-0.4, -0.2) is 12.4 Å². The molecule has 0 atom stereocenters. The molecule has 0 aliphatic heterocycles. The number of hydrogen-bond donors (Lipinski definition) is 0. The quantitative estimate of drug-likeness (QED) is 0.125. The maximum Gasteiger partial charge on any atom is 0.430 e. The molecule has 0 unspecified atom stereocenters. The topological polar surface area (TPSA) is 9.23 Å². The summed E-state index contributed by atoms with van der Waals surface area (Å²) in [7, 11) is 0. The number of halogens is 7. The predicted octanol–water partition coefficient (Wildman–Crippen LogP) is 9.92. The lowest BCUT2D eigenvalue weighted by Crippen LogP contribution is -2.56. The second-order valence-corrected chi connectivity index (χ2v) is 11.8. The van der Waals surface area contributed by atoms with E-state index in [9.17, 15) is 26.3 Å². The van der Waals surface area contributed by atoms with E-state index in [1.165, 1.54) is 12.1 Å². The number of rotatable bonds is 9. The van der Waals surface area contributed by atoms with Crippen LogP contribution in [0.2, 0.25) is 0 Å². The van der Waals surface area contributed by atoms with Gasteiger partial charge in [0.05, 0.1) is 6.61 Å². The van der Waals surface area contributed by atoms with Crippen LogP contribution < -0.4 is 0 Å². The van der Waals surface area contributed by atoms with Gasteiger partial charge in [0, 0.05) is 9.13 Å². The molecule has 40 heavy (non-hydrogen) atoms. The molecule has 0 N–H and O–H groups in total. The fourth-order valence-corrected chi connectivity index (χ4v) is 6.26. The molecular weight excluding hydrogens is 641 g/mol. The molecule has 1 nitrogen and oxygen atoms in total. The minimum atomic E-state index is -5.75. The molecule has 4 rings (SSSR count). The molecule has 0 radical (unpaired) electrons. The highest BCUT2D eigenvalue weighted by Crippen LogP contribution is 2.54. The molecule has 0 heterocycles. The van der Waals surface area contributed by atoms with Gasteiger partial charge in [-0.25, -0.2) is 0 Å². The monoisotopic (exact) mass is 672 g/mol. The van der Waals surface area contributed by atoms with Crippen LogP contribution in [0.3, 0.4) is 0 Å². The molecule has 1 aliphatic carbocycles. The summed E-state index contributed by atoms with van der Waals surface area (Å²) in [4.78, 5) is 0. The minimum Gasteiger partial charge on any atom is -0.349 e. The van der Waals surface area contributed by atoms with Gasteiger partial charge in [-0.1, -0.05) is 73.5 Å².